The smallest absolute Gasteiger partial charge is 0.214 e. The average Bonchev–Trinajstić information content (AvgIpc) is 2.91. The number of alkyl halides is 1. The van der Waals surface area contributed by atoms with Crippen molar-refractivity contribution in [2.75, 3.05) is 6.67 Å². The van der Waals surface area contributed by atoms with Crippen molar-refractivity contribution in [3.05, 3.63) is 36.2 Å². The highest BCUT2D eigenvalue weighted by molar-refractivity contribution is 5.54. The summed E-state index contributed by atoms with van der Waals surface area (Å²) in [6.07, 6.45) is 0.219. The second kappa shape index (κ2) is 5.03. The summed E-state index contributed by atoms with van der Waals surface area (Å²) in [5.41, 5.74) is 6.73. The summed E-state index contributed by atoms with van der Waals surface area (Å²) in [6, 6.07) is 5.84. The summed E-state index contributed by atoms with van der Waals surface area (Å²) in [5.74, 6) is 0.459. The highest BCUT2D eigenvalue weighted by atomic mass is 19.1. The maximum atomic E-state index is 12.3. The van der Waals surface area contributed by atoms with Crippen LogP contribution in [0.15, 0.2) is 35.2 Å². The van der Waals surface area contributed by atoms with E-state index in [2.05, 4.69) is 14.7 Å². The molecule has 0 amide bonds. The third-order valence-electron chi connectivity index (χ3n) is 2.46. The third-order valence-corrected chi connectivity index (χ3v) is 2.46. The Morgan fingerprint density at radius 1 is 1.35 bits per heavy atom. The van der Waals surface area contributed by atoms with Gasteiger partial charge in [-0.3, -0.25) is 0 Å². The maximum Gasteiger partial charge on any atom is 0.214 e. The van der Waals surface area contributed by atoms with Gasteiger partial charge in [-0.05, 0) is 5.56 Å². The molecule has 0 aliphatic rings. The summed E-state index contributed by atoms with van der Waals surface area (Å²) >= 11 is 0. The number of aliphatic hydroxyl groups excluding tert-OH is 1. The van der Waals surface area contributed by atoms with Gasteiger partial charge in [0.25, 0.3) is 0 Å². The molecule has 17 heavy (non-hydrogen) atoms. The minimum Gasteiger partial charge on any atom is -0.387 e. The fraction of sp³-hybridized carbons (Fsp3) is 0.273. The van der Waals surface area contributed by atoms with Crippen LogP contribution in [0, 0.1) is 0 Å². The molecule has 5 nitrogen and oxygen atoms in total. The van der Waals surface area contributed by atoms with Gasteiger partial charge in [0.2, 0.25) is 12.2 Å². The minimum absolute atomic E-state index is 0.459. The molecule has 1 heterocycles. The van der Waals surface area contributed by atoms with Gasteiger partial charge in [0.05, 0.1) is 12.1 Å². The third kappa shape index (κ3) is 2.48. The fourth-order valence-electron chi connectivity index (χ4n) is 1.46. The normalized spacial score (nSPS) is 14.5. The van der Waals surface area contributed by atoms with Gasteiger partial charge < -0.3 is 15.4 Å². The van der Waals surface area contributed by atoms with Crippen molar-refractivity contribution in [3.63, 3.8) is 0 Å². The highest BCUT2D eigenvalue weighted by Gasteiger charge is 2.16. The lowest BCUT2D eigenvalue weighted by molar-refractivity contribution is 0.132. The van der Waals surface area contributed by atoms with Crippen molar-refractivity contribution in [2.24, 2.45) is 5.73 Å². The number of hydrogen-bond acceptors (Lipinski definition) is 5. The van der Waals surface area contributed by atoms with Gasteiger partial charge in [0.1, 0.15) is 6.67 Å². The molecular formula is C11H12FN3O2. The van der Waals surface area contributed by atoms with Crippen LogP contribution in [0.5, 0.6) is 0 Å². The van der Waals surface area contributed by atoms with Gasteiger partial charge in [-0.1, -0.05) is 29.4 Å². The largest absolute Gasteiger partial charge is 0.387 e. The Morgan fingerprint density at radius 2 is 2.06 bits per heavy atom. The molecule has 0 saturated carbocycles. The second-order valence-electron chi connectivity index (χ2n) is 3.64. The van der Waals surface area contributed by atoms with Gasteiger partial charge >= 0.3 is 0 Å². The number of benzene rings is 1. The Bertz CT molecular complexity index is 458. The summed E-state index contributed by atoms with van der Waals surface area (Å²) in [7, 11) is 0. The number of rotatable bonds is 4. The van der Waals surface area contributed by atoms with E-state index in [1.54, 1.807) is 24.3 Å². The Morgan fingerprint density at radius 3 is 2.59 bits per heavy atom. The van der Waals surface area contributed by atoms with Gasteiger partial charge in [0, 0.05) is 5.56 Å². The van der Waals surface area contributed by atoms with Gasteiger partial charge in [-0.25, -0.2) is 4.39 Å². The Hall–Kier alpha value is -1.79. The lowest BCUT2D eigenvalue weighted by atomic mass is 10.0. The van der Waals surface area contributed by atoms with E-state index < -0.39 is 18.8 Å². The average molecular weight is 237 g/mol. The van der Waals surface area contributed by atoms with E-state index in [-0.39, 0.29) is 0 Å². The standard InChI is InChI=1S/C11H12FN3O2/c12-5-9(13)10(16)7-1-3-8(4-2-7)11-14-6-17-15-11/h1-4,6,9-10,16H,5,13H2/t9-,10-/m1/s1. The summed E-state index contributed by atoms with van der Waals surface area (Å²) < 4.78 is 16.9. The van der Waals surface area contributed by atoms with Gasteiger partial charge in [-0.2, -0.15) is 4.98 Å². The number of aliphatic hydroxyl groups is 1. The van der Waals surface area contributed by atoms with Crippen molar-refractivity contribution in [1.29, 1.82) is 0 Å². The topological polar surface area (TPSA) is 85.2 Å². The maximum absolute atomic E-state index is 12.3. The van der Waals surface area contributed by atoms with Crippen LogP contribution in [-0.2, 0) is 0 Å². The molecule has 2 atom stereocenters. The van der Waals surface area contributed by atoms with Crippen molar-refractivity contribution in [3.8, 4) is 11.4 Å². The van der Waals surface area contributed by atoms with Crippen LogP contribution in [0.2, 0.25) is 0 Å². The molecule has 0 aliphatic heterocycles. The van der Waals surface area contributed by atoms with E-state index in [0.29, 0.717) is 11.4 Å². The summed E-state index contributed by atoms with van der Waals surface area (Å²) in [6.45, 7) is -0.770. The zero-order valence-electron chi connectivity index (χ0n) is 8.95. The molecule has 0 radical (unpaired) electrons. The first-order chi connectivity index (χ1) is 8.22. The van der Waals surface area contributed by atoms with Crippen LogP contribution in [-0.4, -0.2) is 28.0 Å². The lowest BCUT2D eigenvalue weighted by Gasteiger charge is -2.15. The molecule has 0 saturated heterocycles. The Labute approximate surface area is 97.1 Å². The number of halogens is 1. The molecule has 0 unspecified atom stereocenters. The molecule has 2 aromatic rings. The Kier molecular flexibility index (Phi) is 3.46. The lowest BCUT2D eigenvalue weighted by Crippen LogP contribution is -2.30. The highest BCUT2D eigenvalue weighted by Crippen LogP contribution is 2.20. The van der Waals surface area contributed by atoms with Crippen LogP contribution in [0.4, 0.5) is 4.39 Å². The monoisotopic (exact) mass is 237 g/mol. The SMILES string of the molecule is N[C@H](CF)[C@H](O)c1ccc(-c2ncon2)cc1. The van der Waals surface area contributed by atoms with Gasteiger partial charge in [-0.15, -0.1) is 0 Å². The van der Waals surface area contributed by atoms with E-state index in [1.807, 2.05) is 0 Å². The molecule has 0 bridgehead atoms. The van der Waals surface area contributed by atoms with Crippen molar-refractivity contribution >= 4 is 0 Å². The first kappa shape index (κ1) is 11.7. The van der Waals surface area contributed by atoms with Crippen molar-refractivity contribution in [1.82, 2.24) is 10.1 Å². The number of aromatic nitrogens is 2. The molecule has 90 valence electrons. The molecule has 2 rings (SSSR count). The molecule has 1 aromatic carbocycles. The molecule has 3 N–H and O–H groups in total. The molecular weight excluding hydrogens is 225 g/mol. The van der Waals surface area contributed by atoms with Crippen LogP contribution in [0.3, 0.4) is 0 Å². The van der Waals surface area contributed by atoms with E-state index in [4.69, 9.17) is 5.73 Å². The zero-order chi connectivity index (χ0) is 12.3. The summed E-state index contributed by atoms with van der Waals surface area (Å²) in [4.78, 5) is 3.89. The molecule has 0 fully saturated rings. The second-order valence-corrected chi connectivity index (χ2v) is 3.64. The molecule has 0 spiro atoms. The predicted octanol–water partition coefficient (Wildman–Crippen LogP) is 1.07. The molecule has 1 aromatic heterocycles. The van der Waals surface area contributed by atoms with Crippen LogP contribution in [0.25, 0.3) is 11.4 Å². The van der Waals surface area contributed by atoms with Crippen LogP contribution >= 0.6 is 0 Å². The Balaban J connectivity index is 2.18. The molecule has 0 aliphatic carbocycles. The first-order valence-electron chi connectivity index (χ1n) is 5.08. The van der Waals surface area contributed by atoms with E-state index in [9.17, 15) is 9.50 Å². The number of nitrogens with two attached hydrogens (primary N) is 1. The van der Waals surface area contributed by atoms with E-state index >= 15 is 0 Å². The van der Waals surface area contributed by atoms with Crippen molar-refractivity contribution in [2.45, 2.75) is 12.1 Å². The predicted molar refractivity (Wildman–Crippen MR) is 58.6 cm³/mol. The fourth-order valence-corrected chi connectivity index (χ4v) is 1.46. The first-order valence-corrected chi connectivity index (χ1v) is 5.08. The number of nitrogens with zero attached hydrogens (tertiary/aromatic N) is 2. The van der Waals surface area contributed by atoms with E-state index in [0.717, 1.165) is 5.56 Å². The van der Waals surface area contributed by atoms with Crippen LogP contribution < -0.4 is 5.73 Å². The van der Waals surface area contributed by atoms with Gasteiger partial charge in [0.15, 0.2) is 0 Å². The van der Waals surface area contributed by atoms with Crippen molar-refractivity contribution < 1.29 is 14.0 Å². The summed E-state index contributed by atoms with van der Waals surface area (Å²) in [5, 5.41) is 13.4. The quantitative estimate of drug-likeness (QED) is 0.830. The minimum atomic E-state index is -1.01. The zero-order valence-corrected chi connectivity index (χ0v) is 8.95. The van der Waals surface area contributed by atoms with E-state index in [1.165, 1.54) is 6.39 Å². The van der Waals surface area contributed by atoms with Crippen LogP contribution in [0.1, 0.15) is 11.7 Å². The number of hydrogen-bond donors (Lipinski definition) is 2. The molecule has 6 heteroatoms.